The number of hydrogen-bond donors (Lipinski definition) is 1. The molecule has 0 spiro atoms. The number of amides is 1. The Morgan fingerprint density at radius 2 is 1.52 bits per heavy atom. The van der Waals surface area contributed by atoms with Gasteiger partial charge in [0.2, 0.25) is 0 Å². The van der Waals surface area contributed by atoms with Crippen LogP contribution in [0.15, 0.2) is 24.3 Å². The van der Waals surface area contributed by atoms with Crippen LogP contribution in [0.4, 0.5) is 13.2 Å². The lowest BCUT2D eigenvalue weighted by atomic mass is 9.53. The Hall–Kier alpha value is -1.52. The molecule has 0 heterocycles. The summed E-state index contributed by atoms with van der Waals surface area (Å²) in [5.74, 6) is 1.35. The molecule has 4 saturated carbocycles. The summed E-state index contributed by atoms with van der Waals surface area (Å²) in [5, 5.41) is 3.01. The number of halogens is 3. The fourth-order valence-electron chi connectivity index (χ4n) is 5.50. The third-order valence-electron chi connectivity index (χ3n) is 5.89. The van der Waals surface area contributed by atoms with Crippen molar-refractivity contribution in [2.24, 2.45) is 17.8 Å². The van der Waals surface area contributed by atoms with E-state index in [4.69, 9.17) is 0 Å². The van der Waals surface area contributed by atoms with Crippen molar-refractivity contribution in [2.75, 3.05) is 0 Å². The average Bonchev–Trinajstić information content (AvgIpc) is 2.44. The first-order chi connectivity index (χ1) is 10.8. The molecule has 0 aliphatic heterocycles. The monoisotopic (exact) mass is 323 g/mol. The van der Waals surface area contributed by atoms with Crippen molar-refractivity contribution >= 4 is 5.91 Å². The molecule has 0 radical (unpaired) electrons. The van der Waals surface area contributed by atoms with Crippen molar-refractivity contribution in [1.29, 1.82) is 0 Å². The molecule has 5 rings (SSSR count). The Morgan fingerprint density at radius 1 is 1.00 bits per heavy atom. The molecule has 1 aromatic rings. The summed E-state index contributed by atoms with van der Waals surface area (Å²) in [5.41, 5.74) is -1.37. The van der Waals surface area contributed by atoms with Crippen molar-refractivity contribution < 1.29 is 18.0 Å². The van der Waals surface area contributed by atoms with Crippen molar-refractivity contribution in [2.45, 2.75) is 50.2 Å². The Morgan fingerprint density at radius 3 is 2.04 bits per heavy atom. The Kier molecular flexibility index (Phi) is 3.26. The van der Waals surface area contributed by atoms with E-state index in [2.05, 4.69) is 5.32 Å². The fraction of sp³-hybridized carbons (Fsp3) is 0.611. The van der Waals surface area contributed by atoms with Gasteiger partial charge in [0.25, 0.3) is 5.91 Å². The minimum Gasteiger partial charge on any atom is -0.347 e. The third kappa shape index (κ3) is 2.64. The average molecular weight is 323 g/mol. The Labute approximate surface area is 133 Å². The molecule has 5 heteroatoms. The summed E-state index contributed by atoms with van der Waals surface area (Å²) in [6.45, 7) is 0. The van der Waals surface area contributed by atoms with Crippen LogP contribution >= 0.6 is 0 Å². The van der Waals surface area contributed by atoms with Crippen LogP contribution in [0.5, 0.6) is 0 Å². The molecule has 0 aromatic heterocycles. The lowest BCUT2D eigenvalue weighted by Gasteiger charge is -2.56. The highest BCUT2D eigenvalue weighted by Gasteiger charge is 2.51. The van der Waals surface area contributed by atoms with Crippen LogP contribution < -0.4 is 5.32 Å². The van der Waals surface area contributed by atoms with Gasteiger partial charge in [0.05, 0.1) is 11.1 Å². The summed E-state index contributed by atoms with van der Waals surface area (Å²) in [4.78, 5) is 12.6. The van der Waals surface area contributed by atoms with Crippen LogP contribution in [0.2, 0.25) is 0 Å². The number of alkyl halides is 3. The van der Waals surface area contributed by atoms with Crippen molar-refractivity contribution in [3.05, 3.63) is 35.4 Å². The molecule has 1 aromatic carbocycles. The zero-order valence-electron chi connectivity index (χ0n) is 12.8. The first-order valence-corrected chi connectivity index (χ1v) is 8.33. The van der Waals surface area contributed by atoms with E-state index in [-0.39, 0.29) is 11.1 Å². The van der Waals surface area contributed by atoms with E-state index in [0.29, 0.717) is 17.8 Å². The van der Waals surface area contributed by atoms with E-state index in [9.17, 15) is 18.0 Å². The number of carbonyl (C=O) groups excluding carboxylic acids is 1. The second-order valence-corrected chi connectivity index (χ2v) is 7.70. The van der Waals surface area contributed by atoms with Gasteiger partial charge in [0, 0.05) is 5.54 Å². The molecule has 23 heavy (non-hydrogen) atoms. The van der Waals surface area contributed by atoms with E-state index in [1.807, 2.05) is 0 Å². The molecule has 2 nitrogen and oxygen atoms in total. The normalized spacial score (nSPS) is 35.3. The summed E-state index contributed by atoms with van der Waals surface area (Å²) in [6.07, 6.45) is 1.98. The summed E-state index contributed by atoms with van der Waals surface area (Å²) < 4.78 is 39.4. The zero-order chi connectivity index (χ0) is 16.2. The molecule has 1 N–H and O–H groups in total. The van der Waals surface area contributed by atoms with Crippen LogP contribution in [0.25, 0.3) is 0 Å². The summed E-state index contributed by atoms with van der Waals surface area (Å²) in [7, 11) is 0. The first-order valence-electron chi connectivity index (χ1n) is 8.33. The largest absolute Gasteiger partial charge is 0.417 e. The van der Waals surface area contributed by atoms with E-state index in [1.165, 1.54) is 37.5 Å². The SMILES string of the molecule is O=C(NC12CC3CC(CC(C3)C1)C2)c1ccccc1C(F)(F)F. The van der Waals surface area contributed by atoms with Crippen LogP contribution in [0, 0.1) is 17.8 Å². The second kappa shape index (κ2) is 4.99. The maximum absolute atomic E-state index is 13.1. The van der Waals surface area contributed by atoms with Gasteiger partial charge in [-0.05, 0) is 68.4 Å². The van der Waals surface area contributed by atoms with Gasteiger partial charge in [-0.2, -0.15) is 13.2 Å². The van der Waals surface area contributed by atoms with Crippen molar-refractivity contribution in [3.8, 4) is 0 Å². The number of carbonyl (C=O) groups is 1. The first kappa shape index (κ1) is 15.0. The molecule has 4 fully saturated rings. The summed E-state index contributed by atoms with van der Waals surface area (Å²) in [6, 6.07) is 5.07. The molecule has 4 bridgehead atoms. The van der Waals surface area contributed by atoms with Gasteiger partial charge < -0.3 is 5.32 Å². The highest BCUT2D eigenvalue weighted by Crippen LogP contribution is 2.55. The van der Waals surface area contributed by atoms with E-state index < -0.39 is 17.6 Å². The molecule has 124 valence electrons. The van der Waals surface area contributed by atoms with Gasteiger partial charge in [0.15, 0.2) is 0 Å². The Balaban J connectivity index is 1.60. The quantitative estimate of drug-likeness (QED) is 0.858. The van der Waals surface area contributed by atoms with Gasteiger partial charge in [-0.3, -0.25) is 4.79 Å². The van der Waals surface area contributed by atoms with Gasteiger partial charge in [-0.1, -0.05) is 12.1 Å². The zero-order valence-corrected chi connectivity index (χ0v) is 12.8. The molecule has 4 aliphatic rings. The maximum atomic E-state index is 13.1. The Bertz CT molecular complexity index is 602. The minimum atomic E-state index is -4.50. The van der Waals surface area contributed by atoms with Crippen LogP contribution in [-0.2, 0) is 6.18 Å². The second-order valence-electron chi connectivity index (χ2n) is 7.70. The molecular weight excluding hydrogens is 303 g/mol. The van der Waals surface area contributed by atoms with Crippen LogP contribution in [-0.4, -0.2) is 11.4 Å². The van der Waals surface area contributed by atoms with Crippen molar-refractivity contribution in [1.82, 2.24) is 5.32 Å². The van der Waals surface area contributed by atoms with Gasteiger partial charge in [-0.15, -0.1) is 0 Å². The lowest BCUT2D eigenvalue weighted by molar-refractivity contribution is -0.138. The number of rotatable bonds is 2. The number of hydrogen-bond acceptors (Lipinski definition) is 1. The topological polar surface area (TPSA) is 29.1 Å². The van der Waals surface area contributed by atoms with E-state index in [0.717, 1.165) is 25.3 Å². The predicted octanol–water partition coefficient (Wildman–Crippen LogP) is 4.40. The van der Waals surface area contributed by atoms with Gasteiger partial charge in [-0.25, -0.2) is 0 Å². The highest BCUT2D eigenvalue weighted by molar-refractivity contribution is 5.96. The van der Waals surface area contributed by atoms with Crippen molar-refractivity contribution in [3.63, 3.8) is 0 Å². The molecule has 0 unspecified atom stereocenters. The molecular formula is C18H20F3NO. The summed E-state index contributed by atoms with van der Waals surface area (Å²) >= 11 is 0. The van der Waals surface area contributed by atoms with E-state index >= 15 is 0 Å². The molecule has 1 amide bonds. The van der Waals surface area contributed by atoms with E-state index in [1.54, 1.807) is 0 Å². The fourth-order valence-corrected chi connectivity index (χ4v) is 5.50. The van der Waals surface area contributed by atoms with Crippen LogP contribution in [0.1, 0.15) is 54.4 Å². The third-order valence-corrected chi connectivity index (χ3v) is 5.89. The molecule has 0 atom stereocenters. The maximum Gasteiger partial charge on any atom is 0.417 e. The number of benzene rings is 1. The standard InChI is InChI=1S/C18H20F3NO/c19-18(20,21)15-4-2-1-3-14(15)16(23)22-17-8-11-5-12(9-17)7-13(6-11)10-17/h1-4,11-13H,5-10H2,(H,22,23). The van der Waals surface area contributed by atoms with Gasteiger partial charge >= 0.3 is 6.18 Å². The number of nitrogens with one attached hydrogen (secondary N) is 1. The molecule has 0 saturated heterocycles. The van der Waals surface area contributed by atoms with Gasteiger partial charge in [0.1, 0.15) is 0 Å². The van der Waals surface area contributed by atoms with Crippen LogP contribution in [0.3, 0.4) is 0 Å². The molecule has 4 aliphatic carbocycles. The predicted molar refractivity (Wildman–Crippen MR) is 79.8 cm³/mol. The highest BCUT2D eigenvalue weighted by atomic mass is 19.4. The minimum absolute atomic E-state index is 0.254. The lowest BCUT2D eigenvalue weighted by Crippen LogP contribution is -2.59. The smallest absolute Gasteiger partial charge is 0.347 e.